The van der Waals surface area contributed by atoms with Crippen molar-refractivity contribution in [2.45, 2.75) is 25.2 Å². The lowest BCUT2D eigenvalue weighted by molar-refractivity contribution is -0.118. The maximum Gasteiger partial charge on any atom is 0.247 e. The van der Waals surface area contributed by atoms with E-state index in [4.69, 9.17) is 4.74 Å². The molecular formula is C18H16N4O2S2. The Kier molecular flexibility index (Phi) is 4.37. The van der Waals surface area contributed by atoms with Crippen molar-refractivity contribution in [3.05, 3.63) is 46.2 Å². The summed E-state index contributed by atoms with van der Waals surface area (Å²) in [5.74, 6) is 0.277. The first kappa shape index (κ1) is 17.0. The second-order valence-corrected chi connectivity index (χ2v) is 7.52. The Morgan fingerprint density at radius 1 is 1.27 bits per heavy atom. The zero-order chi connectivity index (χ0) is 18.3. The summed E-state index contributed by atoms with van der Waals surface area (Å²) in [6.45, 7) is 3.55. The fourth-order valence-corrected chi connectivity index (χ4v) is 4.19. The summed E-state index contributed by atoms with van der Waals surface area (Å²) in [5, 5.41) is 11.0. The molecule has 6 nitrogen and oxygen atoms in total. The molecule has 1 aromatic carbocycles. The summed E-state index contributed by atoms with van der Waals surface area (Å²) in [5.41, 5.74) is 3.13. The van der Waals surface area contributed by atoms with Crippen LogP contribution in [-0.2, 0) is 4.79 Å². The lowest BCUT2D eigenvalue weighted by atomic mass is 10.1. The normalized spacial score (nSPS) is 15.7. The zero-order valence-electron chi connectivity index (χ0n) is 14.5. The van der Waals surface area contributed by atoms with Crippen molar-refractivity contribution in [2.75, 3.05) is 11.2 Å². The lowest BCUT2D eigenvalue weighted by Gasteiger charge is -2.29. The third kappa shape index (κ3) is 2.75. The van der Waals surface area contributed by atoms with Gasteiger partial charge in [-0.2, -0.15) is 4.98 Å². The molecule has 0 fully saturated rings. The standard InChI is InChI=1S/C18H16N4O2S2/c1-10-8-9-26-15(10)17-22(11(2)23)13-7-5-4-6-12(13)14-16(24-17)19-18(25-3)21-20-14/h4-9,17H,1-3H3/t17-/m1/s1. The van der Waals surface area contributed by atoms with E-state index in [2.05, 4.69) is 15.2 Å². The quantitative estimate of drug-likeness (QED) is 0.620. The van der Waals surface area contributed by atoms with Crippen LogP contribution in [0.15, 0.2) is 40.9 Å². The van der Waals surface area contributed by atoms with Gasteiger partial charge in [0.25, 0.3) is 0 Å². The Bertz CT molecular complexity index is 989. The van der Waals surface area contributed by atoms with Crippen LogP contribution >= 0.6 is 23.1 Å². The first-order chi connectivity index (χ1) is 12.6. The first-order valence-electron chi connectivity index (χ1n) is 7.98. The van der Waals surface area contributed by atoms with Gasteiger partial charge in [0.05, 0.1) is 10.6 Å². The number of fused-ring (bicyclic) bond motifs is 3. The molecule has 26 heavy (non-hydrogen) atoms. The van der Waals surface area contributed by atoms with Gasteiger partial charge in [0.2, 0.25) is 23.2 Å². The van der Waals surface area contributed by atoms with Crippen LogP contribution in [0.4, 0.5) is 5.69 Å². The minimum absolute atomic E-state index is 0.110. The Morgan fingerprint density at radius 3 is 2.77 bits per heavy atom. The molecule has 8 heteroatoms. The summed E-state index contributed by atoms with van der Waals surface area (Å²) < 4.78 is 6.27. The summed E-state index contributed by atoms with van der Waals surface area (Å²) in [6, 6.07) is 9.63. The molecule has 3 aromatic rings. The maximum atomic E-state index is 12.6. The molecule has 1 atom stereocenters. The molecule has 1 aliphatic heterocycles. The van der Waals surface area contributed by atoms with E-state index in [1.807, 2.05) is 48.9 Å². The topological polar surface area (TPSA) is 68.2 Å². The monoisotopic (exact) mass is 384 g/mol. The number of para-hydroxylation sites is 1. The number of aryl methyl sites for hydroxylation is 1. The Balaban J connectivity index is 1.99. The molecule has 0 N–H and O–H groups in total. The molecule has 0 aliphatic carbocycles. The second kappa shape index (κ2) is 6.69. The fourth-order valence-electron chi connectivity index (χ4n) is 2.95. The summed E-state index contributed by atoms with van der Waals surface area (Å²) in [6.07, 6.45) is 1.29. The number of nitrogens with zero attached hydrogens (tertiary/aromatic N) is 4. The number of anilines is 1. The fraction of sp³-hybridized carbons (Fsp3) is 0.222. The molecule has 0 radical (unpaired) electrons. The van der Waals surface area contributed by atoms with Gasteiger partial charge in [-0.25, -0.2) is 0 Å². The zero-order valence-corrected chi connectivity index (χ0v) is 16.1. The Labute approximate surface area is 159 Å². The molecule has 1 amide bonds. The van der Waals surface area contributed by atoms with Crippen molar-refractivity contribution in [2.24, 2.45) is 0 Å². The Hall–Kier alpha value is -2.45. The smallest absolute Gasteiger partial charge is 0.247 e. The van der Waals surface area contributed by atoms with Crippen molar-refractivity contribution < 1.29 is 9.53 Å². The molecule has 0 saturated heterocycles. The van der Waals surface area contributed by atoms with E-state index in [0.29, 0.717) is 16.7 Å². The average Bonchev–Trinajstić information content (AvgIpc) is 3.00. The number of benzene rings is 1. The second-order valence-electron chi connectivity index (χ2n) is 5.80. The number of hydrogen-bond acceptors (Lipinski definition) is 7. The van der Waals surface area contributed by atoms with Gasteiger partial charge in [-0.15, -0.1) is 21.5 Å². The molecular weight excluding hydrogens is 368 g/mol. The largest absolute Gasteiger partial charge is 0.446 e. The van der Waals surface area contributed by atoms with Crippen molar-refractivity contribution in [1.29, 1.82) is 0 Å². The van der Waals surface area contributed by atoms with Gasteiger partial charge in [0.1, 0.15) is 0 Å². The predicted octanol–water partition coefficient (Wildman–Crippen LogP) is 4.07. The maximum absolute atomic E-state index is 12.6. The molecule has 2 aromatic heterocycles. The van der Waals surface area contributed by atoms with Crippen molar-refractivity contribution in [1.82, 2.24) is 15.2 Å². The summed E-state index contributed by atoms with van der Waals surface area (Å²) >= 11 is 2.95. The highest BCUT2D eigenvalue weighted by molar-refractivity contribution is 7.98. The van der Waals surface area contributed by atoms with E-state index in [-0.39, 0.29) is 5.91 Å². The predicted molar refractivity (Wildman–Crippen MR) is 103 cm³/mol. The Morgan fingerprint density at radius 2 is 2.08 bits per heavy atom. The molecule has 4 rings (SSSR count). The van der Waals surface area contributed by atoms with E-state index in [1.165, 1.54) is 11.8 Å². The summed E-state index contributed by atoms with van der Waals surface area (Å²) in [7, 11) is 0. The van der Waals surface area contributed by atoms with Gasteiger partial charge in [0, 0.05) is 12.5 Å². The third-order valence-corrected chi connectivity index (χ3v) is 5.75. The van der Waals surface area contributed by atoms with E-state index in [9.17, 15) is 4.79 Å². The number of thioether (sulfide) groups is 1. The first-order valence-corrected chi connectivity index (χ1v) is 10.1. The average molecular weight is 384 g/mol. The van der Waals surface area contributed by atoms with Crippen LogP contribution in [0.1, 0.15) is 23.6 Å². The molecule has 0 saturated carbocycles. The van der Waals surface area contributed by atoms with E-state index in [1.54, 1.807) is 23.2 Å². The molecule has 0 unspecified atom stereocenters. The van der Waals surface area contributed by atoms with Gasteiger partial charge in [0.15, 0.2) is 5.69 Å². The highest BCUT2D eigenvalue weighted by Crippen LogP contribution is 2.44. The van der Waals surface area contributed by atoms with Gasteiger partial charge in [-0.05, 0) is 36.3 Å². The highest BCUT2D eigenvalue weighted by atomic mass is 32.2. The van der Waals surface area contributed by atoms with Crippen molar-refractivity contribution in [3.63, 3.8) is 0 Å². The van der Waals surface area contributed by atoms with Gasteiger partial charge < -0.3 is 4.74 Å². The number of hydrogen-bond donors (Lipinski definition) is 0. The number of carbonyl (C=O) groups excluding carboxylic acids is 1. The van der Waals surface area contributed by atoms with Gasteiger partial charge >= 0.3 is 0 Å². The summed E-state index contributed by atoms with van der Waals surface area (Å²) in [4.78, 5) is 19.7. The van der Waals surface area contributed by atoms with E-state index < -0.39 is 6.23 Å². The minimum atomic E-state index is -0.596. The van der Waals surface area contributed by atoms with Crippen LogP contribution in [-0.4, -0.2) is 27.3 Å². The van der Waals surface area contributed by atoms with Crippen LogP contribution in [0.2, 0.25) is 0 Å². The molecule has 132 valence electrons. The number of rotatable bonds is 2. The third-order valence-electron chi connectivity index (χ3n) is 4.16. The number of ether oxygens (including phenoxy) is 1. The van der Waals surface area contributed by atoms with E-state index in [0.717, 1.165) is 21.7 Å². The minimum Gasteiger partial charge on any atom is -0.446 e. The van der Waals surface area contributed by atoms with Crippen molar-refractivity contribution in [3.8, 4) is 17.1 Å². The van der Waals surface area contributed by atoms with Gasteiger partial charge in [-0.3, -0.25) is 9.69 Å². The number of carbonyl (C=O) groups is 1. The molecule has 0 bridgehead atoms. The molecule has 1 aliphatic rings. The lowest BCUT2D eigenvalue weighted by Crippen LogP contribution is -2.35. The highest BCUT2D eigenvalue weighted by Gasteiger charge is 2.35. The number of thiophene rings is 1. The number of amides is 1. The SMILES string of the molecule is CSc1nnc2c(n1)O[C@H](c1sccc1C)N(C(C)=O)c1ccccc1-2. The van der Waals surface area contributed by atoms with Crippen LogP contribution < -0.4 is 9.64 Å². The van der Waals surface area contributed by atoms with E-state index >= 15 is 0 Å². The number of aromatic nitrogens is 3. The molecule has 0 spiro atoms. The van der Waals surface area contributed by atoms with Crippen LogP contribution in [0.3, 0.4) is 0 Å². The van der Waals surface area contributed by atoms with Gasteiger partial charge in [-0.1, -0.05) is 30.0 Å². The van der Waals surface area contributed by atoms with Crippen LogP contribution in [0.5, 0.6) is 5.88 Å². The van der Waals surface area contributed by atoms with Crippen LogP contribution in [0, 0.1) is 6.92 Å². The van der Waals surface area contributed by atoms with Crippen LogP contribution in [0.25, 0.3) is 11.3 Å². The molecule has 3 heterocycles. The van der Waals surface area contributed by atoms with Crippen molar-refractivity contribution >= 4 is 34.7 Å².